The van der Waals surface area contributed by atoms with Gasteiger partial charge in [-0.1, -0.05) is 30.3 Å². The van der Waals surface area contributed by atoms with E-state index < -0.39 is 17.6 Å². The molecule has 0 unspecified atom stereocenters. The minimum Gasteiger partial charge on any atom is -0.480 e. The number of rotatable bonds is 7. The molecule has 0 saturated heterocycles. The number of carboxylic acid groups (broad SMARTS) is 1. The lowest BCUT2D eigenvalue weighted by molar-refractivity contribution is -0.148. The zero-order valence-electron chi connectivity index (χ0n) is 12.5. The molecule has 116 valence electrons. The highest BCUT2D eigenvalue weighted by atomic mass is 16.6. The van der Waals surface area contributed by atoms with Gasteiger partial charge in [0.25, 0.3) is 0 Å². The first-order valence-corrected chi connectivity index (χ1v) is 6.60. The first-order chi connectivity index (χ1) is 9.89. The molecule has 0 heterocycles. The fourth-order valence-corrected chi connectivity index (χ4v) is 1.69. The van der Waals surface area contributed by atoms with E-state index in [9.17, 15) is 14.7 Å². The topological polar surface area (TPSA) is 76.1 Å². The quantitative estimate of drug-likeness (QED) is 0.834. The number of carbonyl (C=O) groups is 2. The summed E-state index contributed by atoms with van der Waals surface area (Å²) in [5.41, 5.74) is -0.530. The maximum Gasteiger partial charge on any atom is 0.411 e. The number of carboxylic acids is 1. The van der Waals surface area contributed by atoms with Gasteiger partial charge in [0, 0.05) is 13.7 Å². The molecular formula is C15H21NO5. The maximum atomic E-state index is 12.2. The molecule has 1 amide bonds. The van der Waals surface area contributed by atoms with Crippen molar-refractivity contribution in [1.82, 2.24) is 4.90 Å². The Kier molecular flexibility index (Phi) is 6.17. The van der Waals surface area contributed by atoms with Crippen molar-refractivity contribution in [3.05, 3.63) is 35.9 Å². The summed E-state index contributed by atoms with van der Waals surface area (Å²) in [6.45, 7) is 3.38. The van der Waals surface area contributed by atoms with E-state index >= 15 is 0 Å². The van der Waals surface area contributed by atoms with Crippen LogP contribution in [0.15, 0.2) is 30.3 Å². The van der Waals surface area contributed by atoms with Crippen LogP contribution in [-0.4, -0.2) is 47.9 Å². The summed E-state index contributed by atoms with van der Waals surface area (Å²) in [6, 6.07) is 9.20. The van der Waals surface area contributed by atoms with Crippen molar-refractivity contribution in [3.8, 4) is 0 Å². The van der Waals surface area contributed by atoms with Crippen LogP contribution in [0.3, 0.4) is 0 Å². The van der Waals surface area contributed by atoms with Gasteiger partial charge in [0.2, 0.25) is 0 Å². The van der Waals surface area contributed by atoms with Gasteiger partial charge >= 0.3 is 12.1 Å². The number of hydrogen-bond donors (Lipinski definition) is 1. The Bertz CT molecular complexity index is 472. The molecule has 0 fully saturated rings. The minimum absolute atomic E-state index is 0.0961. The molecule has 0 aliphatic carbocycles. The Hall–Kier alpha value is -2.08. The van der Waals surface area contributed by atoms with E-state index in [1.54, 1.807) is 0 Å². The van der Waals surface area contributed by atoms with E-state index in [1.807, 2.05) is 30.3 Å². The molecule has 0 aromatic heterocycles. The molecule has 0 aliphatic heterocycles. The first kappa shape index (κ1) is 17.0. The van der Waals surface area contributed by atoms with Gasteiger partial charge in [-0.25, -0.2) is 9.59 Å². The lowest BCUT2D eigenvalue weighted by atomic mass is 10.0. The van der Waals surface area contributed by atoms with E-state index in [2.05, 4.69) is 0 Å². The van der Waals surface area contributed by atoms with Crippen LogP contribution < -0.4 is 0 Å². The number of carbonyl (C=O) groups excluding carboxylic acids is 1. The molecule has 6 nitrogen and oxygen atoms in total. The van der Waals surface area contributed by atoms with Crippen LogP contribution in [-0.2, 0) is 20.9 Å². The third-order valence-corrected chi connectivity index (χ3v) is 3.14. The van der Waals surface area contributed by atoms with Gasteiger partial charge in [-0.2, -0.15) is 0 Å². The number of benzene rings is 1. The Balaban J connectivity index is 2.73. The second kappa shape index (κ2) is 7.64. The predicted octanol–water partition coefficient (Wildman–Crippen LogP) is 2.13. The summed E-state index contributed by atoms with van der Waals surface area (Å²) in [5.74, 6) is -1.10. The van der Waals surface area contributed by atoms with Crippen molar-refractivity contribution in [2.24, 2.45) is 0 Å². The lowest BCUT2D eigenvalue weighted by Crippen LogP contribution is -2.54. The predicted molar refractivity (Wildman–Crippen MR) is 76.9 cm³/mol. The maximum absolute atomic E-state index is 12.2. The Morgan fingerprint density at radius 2 is 1.86 bits per heavy atom. The largest absolute Gasteiger partial charge is 0.480 e. The summed E-state index contributed by atoms with van der Waals surface area (Å²) < 4.78 is 10.1. The van der Waals surface area contributed by atoms with Crippen molar-refractivity contribution in [2.75, 3.05) is 20.3 Å². The highest BCUT2D eigenvalue weighted by Crippen LogP contribution is 2.17. The number of ether oxygens (including phenoxy) is 2. The Labute approximate surface area is 124 Å². The summed E-state index contributed by atoms with van der Waals surface area (Å²) >= 11 is 0. The lowest BCUT2D eigenvalue weighted by Gasteiger charge is -2.33. The molecule has 0 spiro atoms. The van der Waals surface area contributed by atoms with Gasteiger partial charge in [-0.3, -0.25) is 4.90 Å². The summed E-state index contributed by atoms with van der Waals surface area (Å²) in [4.78, 5) is 24.6. The van der Waals surface area contributed by atoms with E-state index in [1.165, 1.54) is 21.0 Å². The van der Waals surface area contributed by atoms with Crippen LogP contribution in [0.25, 0.3) is 0 Å². The zero-order valence-corrected chi connectivity index (χ0v) is 12.5. The molecule has 6 heteroatoms. The van der Waals surface area contributed by atoms with Gasteiger partial charge in [0.05, 0.1) is 6.61 Å². The molecule has 0 aliphatic rings. The van der Waals surface area contributed by atoms with Crippen LogP contribution >= 0.6 is 0 Å². The monoisotopic (exact) mass is 295 g/mol. The average molecular weight is 295 g/mol. The third-order valence-electron chi connectivity index (χ3n) is 3.14. The zero-order chi connectivity index (χ0) is 15.9. The standard InChI is InChI=1S/C15H21NO5/c1-15(2,13(17)18)16(9-10-20-3)14(19)21-11-12-7-5-4-6-8-12/h4-8H,9-11H2,1-3H3,(H,17,18). The van der Waals surface area contributed by atoms with Crippen molar-refractivity contribution in [1.29, 1.82) is 0 Å². The highest BCUT2D eigenvalue weighted by Gasteiger charge is 2.38. The fourth-order valence-electron chi connectivity index (χ4n) is 1.69. The van der Waals surface area contributed by atoms with Crippen LogP contribution in [0.4, 0.5) is 4.79 Å². The summed E-state index contributed by atoms with van der Waals surface area (Å²) in [7, 11) is 1.49. The summed E-state index contributed by atoms with van der Waals surface area (Å²) in [5, 5.41) is 9.25. The van der Waals surface area contributed by atoms with Crippen LogP contribution in [0.1, 0.15) is 19.4 Å². The van der Waals surface area contributed by atoms with E-state index in [-0.39, 0.29) is 19.8 Å². The molecule has 0 atom stereocenters. The smallest absolute Gasteiger partial charge is 0.411 e. The normalized spacial score (nSPS) is 11.0. The van der Waals surface area contributed by atoms with E-state index in [0.29, 0.717) is 0 Å². The number of aliphatic carboxylic acids is 1. The van der Waals surface area contributed by atoms with E-state index in [0.717, 1.165) is 10.5 Å². The number of nitrogens with zero attached hydrogens (tertiary/aromatic N) is 1. The van der Waals surface area contributed by atoms with Gasteiger partial charge in [0.1, 0.15) is 12.1 Å². The SMILES string of the molecule is COCCN(C(=O)OCc1ccccc1)C(C)(C)C(=O)O. The minimum atomic E-state index is -1.37. The van der Waals surface area contributed by atoms with E-state index in [4.69, 9.17) is 9.47 Å². The number of methoxy groups -OCH3 is 1. The van der Waals surface area contributed by atoms with Gasteiger partial charge in [-0.15, -0.1) is 0 Å². The molecule has 1 rings (SSSR count). The fraction of sp³-hybridized carbons (Fsp3) is 0.467. The van der Waals surface area contributed by atoms with Crippen LogP contribution in [0, 0.1) is 0 Å². The Morgan fingerprint density at radius 3 is 2.38 bits per heavy atom. The van der Waals surface area contributed by atoms with Crippen LogP contribution in [0.5, 0.6) is 0 Å². The third kappa shape index (κ3) is 4.75. The van der Waals surface area contributed by atoms with Crippen molar-refractivity contribution in [2.45, 2.75) is 26.0 Å². The van der Waals surface area contributed by atoms with Crippen molar-refractivity contribution in [3.63, 3.8) is 0 Å². The molecular weight excluding hydrogens is 274 g/mol. The average Bonchev–Trinajstić information content (AvgIpc) is 2.46. The molecule has 0 saturated carbocycles. The highest BCUT2D eigenvalue weighted by molar-refractivity contribution is 5.83. The number of amides is 1. The Morgan fingerprint density at radius 1 is 1.24 bits per heavy atom. The summed E-state index contributed by atoms with van der Waals surface area (Å²) in [6.07, 6.45) is -0.677. The van der Waals surface area contributed by atoms with Crippen molar-refractivity contribution >= 4 is 12.1 Å². The molecule has 0 bridgehead atoms. The molecule has 0 radical (unpaired) electrons. The van der Waals surface area contributed by atoms with Crippen LogP contribution in [0.2, 0.25) is 0 Å². The van der Waals surface area contributed by atoms with Gasteiger partial charge in [0.15, 0.2) is 0 Å². The molecule has 1 N–H and O–H groups in total. The van der Waals surface area contributed by atoms with Crippen molar-refractivity contribution < 1.29 is 24.2 Å². The molecule has 1 aromatic carbocycles. The molecule has 1 aromatic rings. The second-order valence-corrected chi connectivity index (χ2v) is 5.05. The second-order valence-electron chi connectivity index (χ2n) is 5.05. The first-order valence-electron chi connectivity index (χ1n) is 6.60. The molecule has 21 heavy (non-hydrogen) atoms. The number of hydrogen-bond acceptors (Lipinski definition) is 4. The van der Waals surface area contributed by atoms with Gasteiger partial charge < -0.3 is 14.6 Å². The van der Waals surface area contributed by atoms with Gasteiger partial charge in [-0.05, 0) is 19.4 Å².